The molecule has 2 rings (SSSR count). The summed E-state index contributed by atoms with van der Waals surface area (Å²) < 4.78 is 0. The van der Waals surface area contributed by atoms with Crippen LogP contribution in [0.4, 0.5) is 0 Å². The zero-order chi connectivity index (χ0) is 15.5. The first kappa shape index (κ1) is 15.5. The summed E-state index contributed by atoms with van der Waals surface area (Å²) in [6.45, 7) is 4.18. The van der Waals surface area contributed by atoms with E-state index in [0.717, 1.165) is 30.4 Å². The standard InChI is InChI=1S/C17H23NO3/c1-3-5-13(15(19)20)11-18-16(21)17(8-9-17)14-7-4-6-12(2)10-14/h4,6-7,10,13H,3,5,8-9,11H2,1-2H3,(H,18,21)(H,19,20). The molecule has 21 heavy (non-hydrogen) atoms. The molecular weight excluding hydrogens is 266 g/mol. The van der Waals surface area contributed by atoms with Gasteiger partial charge in [0.2, 0.25) is 5.91 Å². The fraction of sp³-hybridized carbons (Fsp3) is 0.529. The van der Waals surface area contributed by atoms with Gasteiger partial charge in [0.15, 0.2) is 0 Å². The van der Waals surface area contributed by atoms with Crippen molar-refractivity contribution >= 4 is 11.9 Å². The fourth-order valence-electron chi connectivity index (χ4n) is 2.76. The SMILES string of the molecule is CCCC(CNC(=O)C1(c2cccc(C)c2)CC1)C(=O)O. The van der Waals surface area contributed by atoms with Crippen LogP contribution in [0, 0.1) is 12.8 Å². The van der Waals surface area contributed by atoms with Gasteiger partial charge in [-0.25, -0.2) is 0 Å². The second-order valence-corrected chi connectivity index (χ2v) is 5.99. The predicted octanol–water partition coefficient (Wildman–Crippen LogP) is 2.64. The van der Waals surface area contributed by atoms with Gasteiger partial charge in [-0.3, -0.25) is 9.59 Å². The molecule has 0 bridgehead atoms. The summed E-state index contributed by atoms with van der Waals surface area (Å²) in [5, 5.41) is 12.0. The van der Waals surface area contributed by atoms with Crippen LogP contribution in [-0.4, -0.2) is 23.5 Å². The van der Waals surface area contributed by atoms with E-state index >= 15 is 0 Å². The number of carboxylic acid groups (broad SMARTS) is 1. The third kappa shape index (κ3) is 3.43. The van der Waals surface area contributed by atoms with Gasteiger partial charge in [-0.2, -0.15) is 0 Å². The molecule has 1 fully saturated rings. The van der Waals surface area contributed by atoms with Crippen LogP contribution in [0.15, 0.2) is 24.3 Å². The summed E-state index contributed by atoms with van der Waals surface area (Å²) in [7, 11) is 0. The molecule has 4 heteroatoms. The molecule has 1 aliphatic rings. The van der Waals surface area contributed by atoms with Crippen LogP contribution in [-0.2, 0) is 15.0 Å². The van der Waals surface area contributed by atoms with Gasteiger partial charge in [0, 0.05) is 6.54 Å². The van der Waals surface area contributed by atoms with Crippen LogP contribution in [0.5, 0.6) is 0 Å². The van der Waals surface area contributed by atoms with Crippen molar-refractivity contribution in [3.63, 3.8) is 0 Å². The van der Waals surface area contributed by atoms with Gasteiger partial charge in [-0.05, 0) is 31.7 Å². The highest BCUT2D eigenvalue weighted by Gasteiger charge is 2.51. The molecular formula is C17H23NO3. The minimum Gasteiger partial charge on any atom is -0.481 e. The van der Waals surface area contributed by atoms with Crippen molar-refractivity contribution in [2.24, 2.45) is 5.92 Å². The molecule has 1 amide bonds. The van der Waals surface area contributed by atoms with E-state index in [2.05, 4.69) is 5.32 Å². The smallest absolute Gasteiger partial charge is 0.308 e. The Kier molecular flexibility index (Phi) is 4.66. The zero-order valence-corrected chi connectivity index (χ0v) is 12.7. The molecule has 0 heterocycles. The molecule has 1 aromatic carbocycles. The number of aliphatic carboxylic acids is 1. The van der Waals surface area contributed by atoms with E-state index in [4.69, 9.17) is 5.11 Å². The molecule has 0 radical (unpaired) electrons. The molecule has 114 valence electrons. The highest BCUT2D eigenvalue weighted by atomic mass is 16.4. The lowest BCUT2D eigenvalue weighted by atomic mass is 9.93. The monoisotopic (exact) mass is 289 g/mol. The number of carbonyl (C=O) groups excluding carboxylic acids is 1. The van der Waals surface area contributed by atoms with E-state index < -0.39 is 17.3 Å². The van der Waals surface area contributed by atoms with Crippen LogP contribution < -0.4 is 5.32 Å². The maximum Gasteiger partial charge on any atom is 0.308 e. The lowest BCUT2D eigenvalue weighted by molar-refractivity contribution is -0.142. The maximum absolute atomic E-state index is 12.5. The van der Waals surface area contributed by atoms with Crippen LogP contribution in [0.25, 0.3) is 0 Å². The van der Waals surface area contributed by atoms with E-state index in [1.807, 2.05) is 38.1 Å². The Hall–Kier alpha value is -1.84. The van der Waals surface area contributed by atoms with Crippen molar-refractivity contribution in [3.8, 4) is 0 Å². The largest absolute Gasteiger partial charge is 0.481 e. The second-order valence-electron chi connectivity index (χ2n) is 5.99. The first-order chi connectivity index (χ1) is 9.99. The van der Waals surface area contributed by atoms with Crippen LogP contribution in [0.1, 0.15) is 43.7 Å². The van der Waals surface area contributed by atoms with Crippen LogP contribution in [0.2, 0.25) is 0 Å². The minimum absolute atomic E-state index is 0.0320. The van der Waals surface area contributed by atoms with Gasteiger partial charge >= 0.3 is 5.97 Å². The molecule has 0 saturated heterocycles. The van der Waals surface area contributed by atoms with E-state index in [0.29, 0.717) is 6.42 Å². The first-order valence-electron chi connectivity index (χ1n) is 7.58. The third-order valence-electron chi connectivity index (χ3n) is 4.25. The summed E-state index contributed by atoms with van der Waals surface area (Å²) in [5.41, 5.74) is 1.75. The number of carboxylic acids is 1. The number of nitrogens with one attached hydrogen (secondary N) is 1. The Balaban J connectivity index is 2.01. The Labute approximate surface area is 125 Å². The van der Waals surface area contributed by atoms with Gasteiger partial charge in [0.05, 0.1) is 11.3 Å². The number of benzene rings is 1. The summed E-state index contributed by atoms with van der Waals surface area (Å²) in [4.78, 5) is 23.6. The van der Waals surface area contributed by atoms with Crippen LogP contribution in [0.3, 0.4) is 0 Å². The summed E-state index contributed by atoms with van der Waals surface area (Å²) in [6, 6.07) is 8.02. The summed E-state index contributed by atoms with van der Waals surface area (Å²) in [6.07, 6.45) is 3.07. The van der Waals surface area contributed by atoms with E-state index in [1.165, 1.54) is 0 Å². The fourth-order valence-corrected chi connectivity index (χ4v) is 2.76. The zero-order valence-electron chi connectivity index (χ0n) is 12.7. The summed E-state index contributed by atoms with van der Waals surface area (Å²) >= 11 is 0. The average Bonchev–Trinajstić information content (AvgIpc) is 3.24. The third-order valence-corrected chi connectivity index (χ3v) is 4.25. The Morgan fingerprint density at radius 2 is 2.10 bits per heavy atom. The quantitative estimate of drug-likeness (QED) is 0.811. The van der Waals surface area contributed by atoms with Gasteiger partial charge in [0.25, 0.3) is 0 Å². The highest BCUT2D eigenvalue weighted by molar-refractivity contribution is 5.91. The van der Waals surface area contributed by atoms with Crippen molar-refractivity contribution in [1.82, 2.24) is 5.32 Å². The van der Waals surface area contributed by atoms with Crippen molar-refractivity contribution in [1.29, 1.82) is 0 Å². The maximum atomic E-state index is 12.5. The topological polar surface area (TPSA) is 66.4 Å². The highest BCUT2D eigenvalue weighted by Crippen LogP contribution is 2.48. The van der Waals surface area contributed by atoms with Crippen molar-refractivity contribution in [3.05, 3.63) is 35.4 Å². The molecule has 1 saturated carbocycles. The Morgan fingerprint density at radius 3 is 2.62 bits per heavy atom. The van der Waals surface area contributed by atoms with E-state index in [9.17, 15) is 9.59 Å². The van der Waals surface area contributed by atoms with Gasteiger partial charge in [0.1, 0.15) is 0 Å². The first-order valence-corrected chi connectivity index (χ1v) is 7.58. The number of hydrogen-bond acceptors (Lipinski definition) is 2. The summed E-state index contributed by atoms with van der Waals surface area (Å²) in [5.74, 6) is -1.36. The Morgan fingerprint density at radius 1 is 1.38 bits per heavy atom. The molecule has 4 nitrogen and oxygen atoms in total. The molecule has 1 atom stereocenters. The average molecular weight is 289 g/mol. The number of amides is 1. The molecule has 1 aliphatic carbocycles. The minimum atomic E-state index is -0.836. The Bertz CT molecular complexity index is 535. The number of aryl methyl sites for hydroxylation is 1. The van der Waals surface area contributed by atoms with Gasteiger partial charge in [-0.15, -0.1) is 0 Å². The predicted molar refractivity (Wildman–Crippen MR) is 81.1 cm³/mol. The van der Waals surface area contributed by atoms with Crippen molar-refractivity contribution in [2.75, 3.05) is 6.54 Å². The number of hydrogen-bond donors (Lipinski definition) is 2. The number of rotatable bonds is 7. The van der Waals surface area contributed by atoms with Crippen molar-refractivity contribution < 1.29 is 14.7 Å². The molecule has 0 aliphatic heterocycles. The van der Waals surface area contributed by atoms with Gasteiger partial charge < -0.3 is 10.4 Å². The number of carbonyl (C=O) groups is 2. The lowest BCUT2D eigenvalue weighted by Gasteiger charge is -2.18. The molecule has 1 aromatic rings. The van der Waals surface area contributed by atoms with E-state index in [1.54, 1.807) is 0 Å². The normalized spacial score (nSPS) is 17.0. The lowest BCUT2D eigenvalue weighted by Crippen LogP contribution is -2.39. The van der Waals surface area contributed by atoms with Crippen molar-refractivity contribution in [2.45, 2.75) is 44.9 Å². The molecule has 2 N–H and O–H groups in total. The second kappa shape index (κ2) is 6.29. The van der Waals surface area contributed by atoms with Gasteiger partial charge in [-0.1, -0.05) is 43.2 Å². The molecule has 1 unspecified atom stereocenters. The van der Waals surface area contributed by atoms with E-state index in [-0.39, 0.29) is 12.5 Å². The molecule has 0 aromatic heterocycles. The molecule has 0 spiro atoms. The van der Waals surface area contributed by atoms with Crippen LogP contribution >= 0.6 is 0 Å².